The molecule has 1 amide bonds. The van der Waals surface area contributed by atoms with Crippen LogP contribution in [0.5, 0.6) is 0 Å². The zero-order valence-electron chi connectivity index (χ0n) is 35.2. The number of carbonyl (C=O) groups is 3. The molecule has 0 rings (SSSR count). The summed E-state index contributed by atoms with van der Waals surface area (Å²) in [6.45, 7) is 12.6. The van der Waals surface area contributed by atoms with E-state index in [9.17, 15) is 14.4 Å². The lowest BCUT2D eigenvalue weighted by Crippen LogP contribution is -2.35. The number of unbranched alkanes of at least 4 members (excludes halogenated alkanes) is 23. The fraction of sp³-hybridized carbons (Fsp3) is 0.933. The Morgan fingerprint density at radius 2 is 0.885 bits per heavy atom. The standard InChI is InChI=1S/C45H88N2O5/c1-5-8-11-14-16-25-32-41-51-44(49)35-28-21-17-23-30-38-47(40-37-46-42(4)48)39-31-24-18-22-29-36-45(50)52-43(33-26-19-13-10-7-3)34-27-20-15-12-9-6-2/h43H,5-41H2,1-4H3,(H,46,48). The highest BCUT2D eigenvalue weighted by molar-refractivity contribution is 5.72. The third-order valence-corrected chi connectivity index (χ3v) is 10.3. The number of hydrogen-bond acceptors (Lipinski definition) is 6. The largest absolute Gasteiger partial charge is 0.466 e. The molecule has 0 heterocycles. The van der Waals surface area contributed by atoms with Gasteiger partial charge in [0, 0.05) is 32.9 Å². The van der Waals surface area contributed by atoms with Crippen LogP contribution in [0.1, 0.15) is 233 Å². The summed E-state index contributed by atoms with van der Waals surface area (Å²) in [4.78, 5) is 38.6. The lowest BCUT2D eigenvalue weighted by molar-refractivity contribution is -0.150. The monoisotopic (exact) mass is 737 g/mol. The molecule has 0 aliphatic carbocycles. The number of esters is 2. The summed E-state index contributed by atoms with van der Waals surface area (Å²) in [5.74, 6) is -0.00135. The molecule has 0 bridgehead atoms. The average molecular weight is 737 g/mol. The van der Waals surface area contributed by atoms with E-state index < -0.39 is 0 Å². The molecule has 52 heavy (non-hydrogen) atoms. The maximum atomic E-state index is 12.7. The van der Waals surface area contributed by atoms with Gasteiger partial charge in [-0.1, -0.05) is 156 Å². The van der Waals surface area contributed by atoms with Crippen LogP contribution in [-0.2, 0) is 23.9 Å². The van der Waals surface area contributed by atoms with Crippen molar-refractivity contribution in [3.8, 4) is 0 Å². The summed E-state index contributed by atoms with van der Waals surface area (Å²) in [6.07, 6.45) is 36.7. The smallest absolute Gasteiger partial charge is 0.306 e. The minimum Gasteiger partial charge on any atom is -0.466 e. The highest BCUT2D eigenvalue weighted by Gasteiger charge is 2.14. The number of amides is 1. The van der Waals surface area contributed by atoms with E-state index >= 15 is 0 Å². The summed E-state index contributed by atoms with van der Waals surface area (Å²) >= 11 is 0. The zero-order chi connectivity index (χ0) is 38.2. The molecule has 0 aromatic carbocycles. The molecule has 308 valence electrons. The van der Waals surface area contributed by atoms with Crippen molar-refractivity contribution in [1.82, 2.24) is 10.2 Å². The van der Waals surface area contributed by atoms with Crippen molar-refractivity contribution in [3.05, 3.63) is 0 Å². The van der Waals surface area contributed by atoms with Crippen LogP contribution in [0.4, 0.5) is 0 Å². The minimum absolute atomic E-state index is 0.00687. The SMILES string of the molecule is CCCCCCCCCOC(=O)CCCCCCCN(CCCCCCCC(=O)OC(CCCCCCC)CCCCCCCC)CCNC(C)=O. The average Bonchev–Trinajstić information content (AvgIpc) is 3.12. The van der Waals surface area contributed by atoms with Gasteiger partial charge in [-0.2, -0.15) is 0 Å². The van der Waals surface area contributed by atoms with Crippen molar-refractivity contribution in [2.24, 2.45) is 0 Å². The predicted molar refractivity (Wildman–Crippen MR) is 221 cm³/mol. The Kier molecular flexibility index (Phi) is 39.3. The first-order valence-corrected chi connectivity index (χ1v) is 22.7. The van der Waals surface area contributed by atoms with Gasteiger partial charge in [0.15, 0.2) is 0 Å². The van der Waals surface area contributed by atoms with Gasteiger partial charge in [0.2, 0.25) is 5.91 Å². The maximum Gasteiger partial charge on any atom is 0.306 e. The number of hydrogen-bond donors (Lipinski definition) is 1. The number of ether oxygens (including phenoxy) is 2. The van der Waals surface area contributed by atoms with Crippen LogP contribution >= 0.6 is 0 Å². The molecular weight excluding hydrogens is 649 g/mol. The number of rotatable bonds is 41. The molecule has 0 spiro atoms. The van der Waals surface area contributed by atoms with Gasteiger partial charge in [0.1, 0.15) is 6.10 Å². The first-order chi connectivity index (χ1) is 25.4. The van der Waals surface area contributed by atoms with E-state index in [0.717, 1.165) is 96.7 Å². The molecule has 0 aliphatic heterocycles. The minimum atomic E-state index is -0.0361. The Hall–Kier alpha value is -1.63. The molecule has 0 radical (unpaired) electrons. The maximum absolute atomic E-state index is 12.7. The van der Waals surface area contributed by atoms with Gasteiger partial charge in [-0.25, -0.2) is 0 Å². The Morgan fingerprint density at radius 3 is 1.37 bits per heavy atom. The van der Waals surface area contributed by atoms with Gasteiger partial charge in [-0.3, -0.25) is 14.4 Å². The predicted octanol–water partition coefficient (Wildman–Crippen LogP) is 12.4. The second-order valence-corrected chi connectivity index (χ2v) is 15.6. The highest BCUT2D eigenvalue weighted by atomic mass is 16.5. The van der Waals surface area contributed by atoms with Crippen LogP contribution in [0.3, 0.4) is 0 Å². The molecule has 7 nitrogen and oxygen atoms in total. The van der Waals surface area contributed by atoms with Crippen LogP contribution in [0.25, 0.3) is 0 Å². The van der Waals surface area contributed by atoms with E-state index in [1.807, 2.05) is 0 Å². The molecule has 0 aromatic heterocycles. The highest BCUT2D eigenvalue weighted by Crippen LogP contribution is 2.18. The fourth-order valence-electron chi connectivity index (χ4n) is 6.95. The molecule has 0 fully saturated rings. The first-order valence-electron chi connectivity index (χ1n) is 22.7. The molecular formula is C45H88N2O5. The molecule has 1 N–H and O–H groups in total. The molecule has 1 atom stereocenters. The van der Waals surface area contributed by atoms with E-state index in [0.29, 0.717) is 26.0 Å². The summed E-state index contributed by atoms with van der Waals surface area (Å²) in [7, 11) is 0. The third-order valence-electron chi connectivity index (χ3n) is 10.3. The number of nitrogens with zero attached hydrogens (tertiary/aromatic N) is 1. The Balaban J connectivity index is 4.15. The van der Waals surface area contributed by atoms with E-state index in [1.54, 1.807) is 6.92 Å². The molecule has 0 saturated carbocycles. The van der Waals surface area contributed by atoms with E-state index in [2.05, 4.69) is 31.0 Å². The molecule has 0 aromatic rings. The quantitative estimate of drug-likeness (QED) is 0.0497. The van der Waals surface area contributed by atoms with Crippen molar-refractivity contribution in [1.29, 1.82) is 0 Å². The van der Waals surface area contributed by atoms with Crippen LogP contribution in [0, 0.1) is 0 Å². The Labute approximate surface area is 323 Å². The van der Waals surface area contributed by atoms with Crippen molar-refractivity contribution >= 4 is 17.8 Å². The molecule has 0 saturated heterocycles. The number of carbonyl (C=O) groups excluding carboxylic acids is 3. The van der Waals surface area contributed by atoms with Crippen molar-refractivity contribution in [2.75, 3.05) is 32.8 Å². The van der Waals surface area contributed by atoms with Crippen molar-refractivity contribution in [3.63, 3.8) is 0 Å². The van der Waals surface area contributed by atoms with Crippen molar-refractivity contribution < 1.29 is 23.9 Å². The van der Waals surface area contributed by atoms with E-state index in [1.165, 1.54) is 116 Å². The van der Waals surface area contributed by atoms with Gasteiger partial charge in [-0.15, -0.1) is 0 Å². The van der Waals surface area contributed by atoms with Gasteiger partial charge < -0.3 is 19.7 Å². The van der Waals surface area contributed by atoms with Crippen LogP contribution in [-0.4, -0.2) is 61.6 Å². The summed E-state index contributed by atoms with van der Waals surface area (Å²) in [5, 5.41) is 2.95. The first kappa shape index (κ1) is 50.4. The molecule has 1 unspecified atom stereocenters. The van der Waals surface area contributed by atoms with Crippen LogP contribution in [0.15, 0.2) is 0 Å². The molecule has 0 aliphatic rings. The second-order valence-electron chi connectivity index (χ2n) is 15.6. The normalized spacial score (nSPS) is 11.9. The second kappa shape index (κ2) is 40.6. The van der Waals surface area contributed by atoms with Gasteiger partial charge in [-0.05, 0) is 70.9 Å². The number of nitrogens with one attached hydrogen (secondary N) is 1. The summed E-state index contributed by atoms with van der Waals surface area (Å²) in [6, 6.07) is 0. The third kappa shape index (κ3) is 38.1. The zero-order valence-corrected chi connectivity index (χ0v) is 35.2. The molecule has 7 heteroatoms. The van der Waals surface area contributed by atoms with Crippen molar-refractivity contribution in [2.45, 2.75) is 239 Å². The van der Waals surface area contributed by atoms with Gasteiger partial charge in [0.25, 0.3) is 0 Å². The van der Waals surface area contributed by atoms with Crippen LogP contribution in [0.2, 0.25) is 0 Å². The lowest BCUT2D eigenvalue weighted by Gasteiger charge is -2.22. The fourth-order valence-corrected chi connectivity index (χ4v) is 6.95. The topological polar surface area (TPSA) is 84.9 Å². The van der Waals surface area contributed by atoms with Crippen LogP contribution < -0.4 is 5.32 Å². The summed E-state index contributed by atoms with van der Waals surface area (Å²) in [5.41, 5.74) is 0. The van der Waals surface area contributed by atoms with E-state index in [4.69, 9.17) is 9.47 Å². The van der Waals surface area contributed by atoms with Gasteiger partial charge in [0.05, 0.1) is 6.61 Å². The van der Waals surface area contributed by atoms with Gasteiger partial charge >= 0.3 is 11.9 Å². The van der Waals surface area contributed by atoms with E-state index in [-0.39, 0.29) is 23.9 Å². The Bertz CT molecular complexity index is 792. The Morgan fingerprint density at radius 1 is 0.481 bits per heavy atom. The summed E-state index contributed by atoms with van der Waals surface area (Å²) < 4.78 is 11.4. The lowest BCUT2D eigenvalue weighted by atomic mass is 10.0.